The van der Waals surface area contributed by atoms with Crippen molar-refractivity contribution in [3.8, 4) is 11.4 Å². The Kier molecular flexibility index (Phi) is 6.29. The molecule has 1 amide bonds. The minimum absolute atomic E-state index is 0.109. The number of amides is 1. The fourth-order valence-corrected chi connectivity index (χ4v) is 4.49. The number of aryl methyl sites for hydroxylation is 2. The van der Waals surface area contributed by atoms with Crippen LogP contribution in [0, 0.1) is 13.8 Å². The van der Waals surface area contributed by atoms with Crippen LogP contribution in [0.25, 0.3) is 11.4 Å². The van der Waals surface area contributed by atoms with E-state index in [0.717, 1.165) is 22.4 Å². The number of thiophene rings is 1. The van der Waals surface area contributed by atoms with E-state index >= 15 is 0 Å². The van der Waals surface area contributed by atoms with Gasteiger partial charge < -0.3 is 5.32 Å². The van der Waals surface area contributed by atoms with Crippen LogP contribution in [0.1, 0.15) is 20.8 Å². The van der Waals surface area contributed by atoms with Crippen molar-refractivity contribution in [2.45, 2.75) is 19.0 Å². The molecule has 0 aliphatic rings. The minimum atomic E-state index is -0.262. The van der Waals surface area contributed by atoms with Crippen molar-refractivity contribution >= 4 is 40.6 Å². The number of carbonyl (C=O) groups excluding carboxylic acids is 2. The quantitative estimate of drug-likeness (QED) is 0.418. The van der Waals surface area contributed by atoms with Crippen molar-refractivity contribution < 1.29 is 9.59 Å². The number of aromatic nitrogens is 3. The van der Waals surface area contributed by atoms with Crippen LogP contribution in [0.4, 0.5) is 5.69 Å². The molecule has 1 N–H and O–H groups in total. The van der Waals surface area contributed by atoms with E-state index < -0.39 is 0 Å². The first-order valence-electron chi connectivity index (χ1n) is 9.61. The molecule has 2 heterocycles. The van der Waals surface area contributed by atoms with Gasteiger partial charge >= 0.3 is 0 Å². The zero-order valence-electron chi connectivity index (χ0n) is 17.0. The van der Waals surface area contributed by atoms with E-state index in [1.54, 1.807) is 6.07 Å². The van der Waals surface area contributed by atoms with E-state index in [0.29, 0.717) is 15.9 Å². The first-order chi connectivity index (χ1) is 15.0. The highest BCUT2D eigenvalue weighted by Crippen LogP contribution is 2.24. The van der Waals surface area contributed by atoms with Gasteiger partial charge in [0.2, 0.25) is 5.91 Å². The van der Waals surface area contributed by atoms with Crippen LogP contribution in [0.5, 0.6) is 0 Å². The van der Waals surface area contributed by atoms with E-state index in [-0.39, 0.29) is 17.6 Å². The Morgan fingerprint density at radius 3 is 2.45 bits per heavy atom. The Hall–Kier alpha value is -3.23. The van der Waals surface area contributed by atoms with Crippen LogP contribution in [-0.4, -0.2) is 32.3 Å². The van der Waals surface area contributed by atoms with Gasteiger partial charge in [-0.15, -0.1) is 16.4 Å². The van der Waals surface area contributed by atoms with E-state index in [1.807, 2.05) is 73.8 Å². The molecule has 0 saturated carbocycles. The average molecular weight is 449 g/mol. The molecule has 31 heavy (non-hydrogen) atoms. The van der Waals surface area contributed by atoms with Gasteiger partial charge in [0.15, 0.2) is 11.0 Å². The molecule has 8 heteroatoms. The Bertz CT molecular complexity index is 1200. The second kappa shape index (κ2) is 9.28. The second-order valence-corrected chi connectivity index (χ2v) is 8.88. The SMILES string of the molecule is Cc1cc(C)cc(NC(=O)CSc2nc(-c3ccccc3)nn2C(=O)c2cccs2)c1. The lowest BCUT2D eigenvalue weighted by molar-refractivity contribution is -0.113. The van der Waals surface area contributed by atoms with Gasteiger partial charge in [-0.2, -0.15) is 4.68 Å². The highest BCUT2D eigenvalue weighted by Gasteiger charge is 2.20. The Morgan fingerprint density at radius 1 is 1.03 bits per heavy atom. The summed E-state index contributed by atoms with van der Waals surface area (Å²) in [5.41, 5.74) is 3.72. The van der Waals surface area contributed by atoms with Crippen molar-refractivity contribution in [3.63, 3.8) is 0 Å². The van der Waals surface area contributed by atoms with Crippen LogP contribution in [0.15, 0.2) is 71.2 Å². The number of anilines is 1. The Morgan fingerprint density at radius 2 is 1.77 bits per heavy atom. The van der Waals surface area contributed by atoms with Crippen molar-refractivity contribution in [2.75, 3.05) is 11.1 Å². The second-order valence-electron chi connectivity index (χ2n) is 6.99. The van der Waals surface area contributed by atoms with Crippen molar-refractivity contribution in [1.82, 2.24) is 14.8 Å². The van der Waals surface area contributed by atoms with Gasteiger partial charge in [0.05, 0.1) is 10.6 Å². The molecule has 2 aromatic heterocycles. The molecule has 0 saturated heterocycles. The molecule has 4 rings (SSSR count). The van der Waals surface area contributed by atoms with E-state index in [2.05, 4.69) is 15.4 Å². The predicted octanol–water partition coefficient (Wildman–Crippen LogP) is 5.04. The van der Waals surface area contributed by atoms with Crippen LogP contribution >= 0.6 is 23.1 Å². The summed E-state index contributed by atoms with van der Waals surface area (Å²) < 4.78 is 1.28. The maximum atomic E-state index is 12.9. The van der Waals surface area contributed by atoms with Gasteiger partial charge in [0, 0.05) is 11.3 Å². The van der Waals surface area contributed by atoms with Gasteiger partial charge in [-0.05, 0) is 48.6 Å². The third-order valence-electron chi connectivity index (χ3n) is 4.37. The number of hydrogen-bond donors (Lipinski definition) is 1. The van der Waals surface area contributed by atoms with Crippen LogP contribution < -0.4 is 5.32 Å². The first kappa shape index (κ1) is 21.0. The highest BCUT2D eigenvalue weighted by molar-refractivity contribution is 7.99. The van der Waals surface area contributed by atoms with Crippen LogP contribution in [-0.2, 0) is 4.79 Å². The smallest absolute Gasteiger partial charge is 0.290 e. The van der Waals surface area contributed by atoms with Crippen molar-refractivity contribution in [1.29, 1.82) is 0 Å². The van der Waals surface area contributed by atoms with Gasteiger partial charge in [0.25, 0.3) is 5.91 Å². The molecule has 0 aliphatic carbocycles. The molecule has 2 aromatic carbocycles. The van der Waals surface area contributed by atoms with Gasteiger partial charge in [-0.25, -0.2) is 4.98 Å². The van der Waals surface area contributed by atoms with Crippen molar-refractivity contribution in [3.05, 3.63) is 82.0 Å². The van der Waals surface area contributed by atoms with Crippen LogP contribution in [0.3, 0.4) is 0 Å². The molecule has 0 atom stereocenters. The summed E-state index contributed by atoms with van der Waals surface area (Å²) in [4.78, 5) is 30.6. The van der Waals surface area contributed by atoms with E-state index in [9.17, 15) is 9.59 Å². The molecule has 156 valence electrons. The maximum absolute atomic E-state index is 12.9. The number of benzene rings is 2. The Balaban J connectivity index is 1.55. The van der Waals surface area contributed by atoms with Gasteiger partial charge in [0.1, 0.15) is 0 Å². The minimum Gasteiger partial charge on any atom is -0.325 e. The topological polar surface area (TPSA) is 76.9 Å². The van der Waals surface area contributed by atoms with E-state index in [4.69, 9.17) is 0 Å². The zero-order valence-corrected chi connectivity index (χ0v) is 18.7. The molecule has 0 spiro atoms. The Labute approximate surface area is 188 Å². The number of hydrogen-bond acceptors (Lipinski definition) is 6. The number of carbonyl (C=O) groups is 2. The average Bonchev–Trinajstić information content (AvgIpc) is 3.42. The van der Waals surface area contributed by atoms with E-state index in [1.165, 1.54) is 27.8 Å². The molecule has 4 aromatic rings. The first-order valence-corrected chi connectivity index (χ1v) is 11.5. The summed E-state index contributed by atoms with van der Waals surface area (Å²) in [6, 6.07) is 18.9. The largest absolute Gasteiger partial charge is 0.325 e. The number of thioether (sulfide) groups is 1. The summed E-state index contributed by atoms with van der Waals surface area (Å²) in [7, 11) is 0. The fraction of sp³-hybridized carbons (Fsp3) is 0.130. The fourth-order valence-electron chi connectivity index (χ4n) is 3.11. The van der Waals surface area contributed by atoms with Gasteiger partial charge in [-0.3, -0.25) is 9.59 Å². The monoisotopic (exact) mass is 448 g/mol. The molecule has 6 nitrogen and oxygen atoms in total. The number of rotatable bonds is 6. The highest BCUT2D eigenvalue weighted by atomic mass is 32.2. The number of nitrogens with zero attached hydrogens (tertiary/aromatic N) is 3. The summed E-state index contributed by atoms with van der Waals surface area (Å²) in [5.74, 6) is 0.122. The van der Waals surface area contributed by atoms with Crippen LogP contribution in [0.2, 0.25) is 0 Å². The molecular weight excluding hydrogens is 428 g/mol. The standard InChI is InChI=1S/C23H20N4O2S2/c1-15-11-16(2)13-18(12-15)24-20(28)14-31-23-25-21(17-7-4-3-5-8-17)26-27(23)22(29)19-9-6-10-30-19/h3-13H,14H2,1-2H3,(H,24,28). The lowest BCUT2D eigenvalue weighted by Crippen LogP contribution is -2.17. The predicted molar refractivity (Wildman–Crippen MR) is 125 cm³/mol. The lowest BCUT2D eigenvalue weighted by Gasteiger charge is -2.07. The zero-order chi connectivity index (χ0) is 21.8. The third-order valence-corrected chi connectivity index (χ3v) is 6.16. The summed E-state index contributed by atoms with van der Waals surface area (Å²) >= 11 is 2.53. The summed E-state index contributed by atoms with van der Waals surface area (Å²) in [5, 5.41) is 9.56. The maximum Gasteiger partial charge on any atom is 0.290 e. The van der Waals surface area contributed by atoms with Crippen molar-refractivity contribution in [2.24, 2.45) is 0 Å². The molecule has 0 unspecified atom stereocenters. The molecule has 0 bridgehead atoms. The molecule has 0 fully saturated rings. The normalized spacial score (nSPS) is 10.8. The summed E-state index contributed by atoms with van der Waals surface area (Å²) in [6.07, 6.45) is 0. The molecule has 0 aliphatic heterocycles. The molecular formula is C23H20N4O2S2. The molecule has 0 radical (unpaired) electrons. The lowest BCUT2D eigenvalue weighted by atomic mass is 10.1. The number of nitrogens with one attached hydrogen (secondary N) is 1. The summed E-state index contributed by atoms with van der Waals surface area (Å²) in [6.45, 7) is 3.97. The van der Waals surface area contributed by atoms with Gasteiger partial charge in [-0.1, -0.05) is 54.2 Å². The third kappa shape index (κ3) is 5.10.